The summed E-state index contributed by atoms with van der Waals surface area (Å²) in [6.07, 6.45) is 1.68. The molecule has 3 rings (SSSR count). The number of hydrogen-bond donors (Lipinski definition) is 2. The fourth-order valence-electron chi connectivity index (χ4n) is 2.15. The number of carbonyl (C=O) groups is 2. The molecule has 24 heavy (non-hydrogen) atoms. The topological polar surface area (TPSA) is 71.1 Å². The van der Waals surface area contributed by atoms with Gasteiger partial charge in [0, 0.05) is 6.20 Å². The molecule has 120 valence electrons. The van der Waals surface area contributed by atoms with Gasteiger partial charge in [-0.05, 0) is 35.7 Å². The first-order valence-corrected chi connectivity index (χ1v) is 8.24. The maximum atomic E-state index is 12.4. The third-order valence-corrected chi connectivity index (χ3v) is 4.19. The Morgan fingerprint density at radius 3 is 2.54 bits per heavy atom. The van der Waals surface area contributed by atoms with Crippen LogP contribution in [0.4, 0.5) is 5.69 Å². The smallest absolute Gasteiger partial charge is 0.265 e. The van der Waals surface area contributed by atoms with E-state index in [0.717, 1.165) is 5.69 Å². The first-order valence-electron chi connectivity index (χ1n) is 7.36. The number of thiophene rings is 1. The van der Waals surface area contributed by atoms with Crippen LogP contribution in [0.5, 0.6) is 0 Å². The molecule has 5 nitrogen and oxygen atoms in total. The van der Waals surface area contributed by atoms with Crippen molar-refractivity contribution in [1.29, 1.82) is 0 Å². The van der Waals surface area contributed by atoms with Gasteiger partial charge >= 0.3 is 0 Å². The van der Waals surface area contributed by atoms with Gasteiger partial charge in [-0.25, -0.2) is 0 Å². The standard InChI is InChI=1S/C18H15N3O2S/c22-17(20-12-13-6-3-4-10-19-13)14-7-1-2-8-15(14)21-18(23)16-9-5-11-24-16/h1-11H,12H2,(H,20,22)(H,21,23). The molecule has 0 saturated heterocycles. The SMILES string of the molecule is O=C(Nc1ccccc1C(=O)NCc1ccccn1)c1cccs1. The van der Waals surface area contributed by atoms with Crippen LogP contribution in [0, 0.1) is 0 Å². The van der Waals surface area contributed by atoms with Crippen LogP contribution < -0.4 is 10.6 Å². The van der Waals surface area contributed by atoms with Crippen LogP contribution in [0.1, 0.15) is 25.7 Å². The second kappa shape index (κ2) is 7.52. The molecule has 2 N–H and O–H groups in total. The molecule has 0 atom stereocenters. The van der Waals surface area contributed by atoms with Gasteiger partial charge in [0.25, 0.3) is 11.8 Å². The number of hydrogen-bond acceptors (Lipinski definition) is 4. The predicted molar refractivity (Wildman–Crippen MR) is 94.1 cm³/mol. The molecule has 2 amide bonds. The van der Waals surface area contributed by atoms with Gasteiger partial charge in [-0.3, -0.25) is 14.6 Å². The molecule has 0 aliphatic rings. The average molecular weight is 337 g/mol. The Bertz CT molecular complexity index is 832. The van der Waals surface area contributed by atoms with Crippen LogP contribution in [-0.2, 0) is 6.54 Å². The summed E-state index contributed by atoms with van der Waals surface area (Å²) in [6.45, 7) is 0.326. The molecular weight excluding hydrogens is 322 g/mol. The van der Waals surface area contributed by atoms with Crippen LogP contribution in [-0.4, -0.2) is 16.8 Å². The lowest BCUT2D eigenvalue weighted by Gasteiger charge is -2.11. The molecule has 0 radical (unpaired) electrons. The zero-order valence-electron chi connectivity index (χ0n) is 12.7. The van der Waals surface area contributed by atoms with Gasteiger partial charge in [-0.1, -0.05) is 24.3 Å². The normalized spacial score (nSPS) is 10.2. The Hall–Kier alpha value is -2.99. The summed E-state index contributed by atoms with van der Waals surface area (Å²) < 4.78 is 0. The Balaban J connectivity index is 1.71. The molecule has 0 spiro atoms. The van der Waals surface area contributed by atoms with Gasteiger partial charge < -0.3 is 10.6 Å². The van der Waals surface area contributed by atoms with Crippen molar-refractivity contribution in [2.45, 2.75) is 6.54 Å². The molecule has 2 heterocycles. The van der Waals surface area contributed by atoms with Crippen molar-refractivity contribution >= 4 is 28.8 Å². The summed E-state index contributed by atoms with van der Waals surface area (Å²) in [5.41, 5.74) is 1.67. The van der Waals surface area contributed by atoms with E-state index < -0.39 is 0 Å². The number of nitrogens with one attached hydrogen (secondary N) is 2. The highest BCUT2D eigenvalue weighted by Crippen LogP contribution is 2.18. The van der Waals surface area contributed by atoms with Gasteiger partial charge in [0.05, 0.1) is 28.4 Å². The monoisotopic (exact) mass is 337 g/mol. The van der Waals surface area contributed by atoms with Crippen LogP contribution in [0.25, 0.3) is 0 Å². The van der Waals surface area contributed by atoms with Crippen molar-refractivity contribution in [2.75, 3.05) is 5.32 Å². The Labute approximate surface area is 143 Å². The van der Waals surface area contributed by atoms with E-state index in [0.29, 0.717) is 22.7 Å². The number of anilines is 1. The highest BCUT2D eigenvalue weighted by Gasteiger charge is 2.14. The molecule has 0 aliphatic heterocycles. The fourth-order valence-corrected chi connectivity index (χ4v) is 2.77. The first kappa shape index (κ1) is 15.9. The molecule has 1 aromatic carbocycles. The largest absolute Gasteiger partial charge is 0.346 e. The molecule has 0 saturated carbocycles. The minimum atomic E-state index is -0.261. The Kier molecular flexibility index (Phi) is 4.98. The minimum absolute atomic E-state index is 0.227. The number of nitrogens with zero attached hydrogens (tertiary/aromatic N) is 1. The van der Waals surface area contributed by atoms with Gasteiger partial charge in [0.2, 0.25) is 0 Å². The zero-order chi connectivity index (χ0) is 16.8. The van der Waals surface area contributed by atoms with Crippen molar-refractivity contribution in [3.05, 3.63) is 82.3 Å². The summed E-state index contributed by atoms with van der Waals surface area (Å²) in [5.74, 6) is -0.488. The van der Waals surface area contributed by atoms with E-state index >= 15 is 0 Å². The van der Waals surface area contributed by atoms with Crippen LogP contribution >= 0.6 is 11.3 Å². The van der Waals surface area contributed by atoms with Gasteiger partial charge in [0.15, 0.2) is 0 Å². The van der Waals surface area contributed by atoms with E-state index in [4.69, 9.17) is 0 Å². The molecule has 0 fully saturated rings. The van der Waals surface area contributed by atoms with Crippen molar-refractivity contribution in [2.24, 2.45) is 0 Å². The van der Waals surface area contributed by atoms with E-state index in [1.54, 1.807) is 36.5 Å². The van der Waals surface area contributed by atoms with E-state index in [9.17, 15) is 9.59 Å². The first-order chi connectivity index (χ1) is 11.7. The maximum Gasteiger partial charge on any atom is 0.265 e. The van der Waals surface area contributed by atoms with Crippen LogP contribution in [0.3, 0.4) is 0 Å². The lowest BCUT2D eigenvalue weighted by Crippen LogP contribution is -2.25. The van der Waals surface area contributed by atoms with E-state index in [2.05, 4.69) is 15.6 Å². The van der Waals surface area contributed by atoms with Gasteiger partial charge in [-0.15, -0.1) is 11.3 Å². The average Bonchev–Trinajstić information content (AvgIpc) is 3.16. The summed E-state index contributed by atoms with van der Waals surface area (Å²) >= 11 is 1.35. The quantitative estimate of drug-likeness (QED) is 0.750. The van der Waals surface area contributed by atoms with Crippen molar-refractivity contribution in [1.82, 2.24) is 10.3 Å². The molecule has 2 aromatic heterocycles. The number of benzene rings is 1. The minimum Gasteiger partial charge on any atom is -0.346 e. The third-order valence-electron chi connectivity index (χ3n) is 3.32. The summed E-state index contributed by atoms with van der Waals surface area (Å²) in [5, 5.41) is 7.43. The molecule has 6 heteroatoms. The predicted octanol–water partition coefficient (Wildman–Crippen LogP) is 3.33. The summed E-state index contributed by atoms with van der Waals surface area (Å²) in [6, 6.07) is 16.0. The number of aromatic nitrogens is 1. The lowest BCUT2D eigenvalue weighted by molar-refractivity contribution is 0.0951. The van der Waals surface area contributed by atoms with E-state index in [1.165, 1.54) is 11.3 Å². The Morgan fingerprint density at radius 2 is 1.79 bits per heavy atom. The molecule has 0 aliphatic carbocycles. The number of carbonyl (C=O) groups excluding carboxylic acids is 2. The molecular formula is C18H15N3O2S. The third kappa shape index (κ3) is 3.85. The fraction of sp³-hybridized carbons (Fsp3) is 0.0556. The second-order valence-electron chi connectivity index (χ2n) is 4.98. The number of amides is 2. The summed E-state index contributed by atoms with van der Waals surface area (Å²) in [7, 11) is 0. The van der Waals surface area contributed by atoms with Crippen molar-refractivity contribution < 1.29 is 9.59 Å². The van der Waals surface area contributed by atoms with Crippen LogP contribution in [0.15, 0.2) is 66.2 Å². The molecule has 0 unspecified atom stereocenters. The highest BCUT2D eigenvalue weighted by atomic mass is 32.1. The summed E-state index contributed by atoms with van der Waals surface area (Å²) in [4.78, 5) is 29.4. The van der Waals surface area contributed by atoms with Gasteiger partial charge in [-0.2, -0.15) is 0 Å². The van der Waals surface area contributed by atoms with Crippen molar-refractivity contribution in [3.8, 4) is 0 Å². The number of rotatable bonds is 5. The second-order valence-corrected chi connectivity index (χ2v) is 5.93. The maximum absolute atomic E-state index is 12.4. The Morgan fingerprint density at radius 1 is 0.958 bits per heavy atom. The lowest BCUT2D eigenvalue weighted by atomic mass is 10.1. The molecule has 3 aromatic rings. The van der Waals surface area contributed by atoms with Gasteiger partial charge in [0.1, 0.15) is 0 Å². The van der Waals surface area contributed by atoms with Crippen LogP contribution in [0.2, 0.25) is 0 Å². The van der Waals surface area contributed by atoms with Crippen molar-refractivity contribution in [3.63, 3.8) is 0 Å². The molecule has 0 bridgehead atoms. The number of pyridine rings is 1. The number of para-hydroxylation sites is 1. The van der Waals surface area contributed by atoms with E-state index in [1.807, 2.05) is 29.6 Å². The van der Waals surface area contributed by atoms with E-state index in [-0.39, 0.29) is 11.8 Å². The highest BCUT2D eigenvalue weighted by molar-refractivity contribution is 7.12. The zero-order valence-corrected chi connectivity index (χ0v) is 13.5.